The second-order valence-electron chi connectivity index (χ2n) is 3.94. The molecule has 2 N–H and O–H groups in total. The summed E-state index contributed by atoms with van der Waals surface area (Å²) in [5.74, 6) is -1.30. The van der Waals surface area contributed by atoms with Gasteiger partial charge in [-0.25, -0.2) is 8.78 Å². The normalized spacial score (nSPS) is 26.6. The minimum atomic E-state index is -1.20. The molecule has 82 valence electrons. The van der Waals surface area contributed by atoms with Crippen molar-refractivity contribution in [2.45, 2.75) is 18.4 Å². The lowest BCUT2D eigenvalue weighted by atomic mass is 9.86. The lowest BCUT2D eigenvalue weighted by Crippen LogP contribution is -2.43. The molecule has 0 radical (unpaired) electrons. The van der Waals surface area contributed by atoms with Gasteiger partial charge in [-0.05, 0) is 25.5 Å². The molecule has 0 bridgehead atoms. The predicted octanol–water partition coefficient (Wildman–Crippen LogP) is 1.54. The van der Waals surface area contributed by atoms with Crippen molar-refractivity contribution in [1.29, 1.82) is 0 Å². The summed E-state index contributed by atoms with van der Waals surface area (Å²) in [4.78, 5) is 0. The smallest absolute Gasteiger partial charge is 0.132 e. The lowest BCUT2D eigenvalue weighted by molar-refractivity contribution is 0.00901. The number of hydrogen-bond acceptors (Lipinski definition) is 2. The summed E-state index contributed by atoms with van der Waals surface area (Å²) in [6.45, 7) is 1.14. The molecule has 0 amide bonds. The molecule has 2 nitrogen and oxygen atoms in total. The molecule has 1 aromatic rings. The number of hydrogen-bond donors (Lipinski definition) is 2. The SMILES string of the molecule is OC1(c2ccc(F)cc2F)CCCNC1. The minimum Gasteiger partial charge on any atom is -0.384 e. The van der Waals surface area contributed by atoms with E-state index in [1.54, 1.807) is 0 Å². The van der Waals surface area contributed by atoms with Gasteiger partial charge in [-0.15, -0.1) is 0 Å². The van der Waals surface area contributed by atoms with Gasteiger partial charge in [0.05, 0.1) is 0 Å². The summed E-state index contributed by atoms with van der Waals surface area (Å²) in [5.41, 5.74) is -1.02. The van der Waals surface area contributed by atoms with Gasteiger partial charge in [-0.1, -0.05) is 6.07 Å². The minimum absolute atomic E-state index is 0.177. The Morgan fingerprint density at radius 1 is 1.33 bits per heavy atom. The number of piperidine rings is 1. The second-order valence-corrected chi connectivity index (χ2v) is 3.94. The van der Waals surface area contributed by atoms with Gasteiger partial charge in [0.25, 0.3) is 0 Å². The number of β-amino-alcohol motifs (C(OH)–C–C–N with tert-alkyl or cyclic N) is 1. The predicted molar refractivity (Wildman–Crippen MR) is 52.4 cm³/mol. The number of aliphatic hydroxyl groups is 1. The molecule has 1 aliphatic heterocycles. The van der Waals surface area contributed by atoms with Gasteiger partial charge in [-0.3, -0.25) is 0 Å². The van der Waals surface area contributed by atoms with E-state index < -0.39 is 17.2 Å². The van der Waals surface area contributed by atoms with E-state index in [2.05, 4.69) is 5.32 Å². The van der Waals surface area contributed by atoms with E-state index in [9.17, 15) is 13.9 Å². The standard InChI is InChI=1S/C11H13F2NO/c12-8-2-3-9(10(13)6-8)11(15)4-1-5-14-7-11/h2-3,6,14-15H,1,4-5,7H2. The van der Waals surface area contributed by atoms with Gasteiger partial charge in [0.1, 0.15) is 17.2 Å². The fourth-order valence-corrected chi connectivity index (χ4v) is 1.99. The Morgan fingerprint density at radius 3 is 2.73 bits per heavy atom. The molecule has 1 fully saturated rings. The van der Waals surface area contributed by atoms with Crippen LogP contribution in [0.15, 0.2) is 18.2 Å². The van der Waals surface area contributed by atoms with E-state index in [1.165, 1.54) is 12.1 Å². The Morgan fingerprint density at radius 2 is 2.13 bits per heavy atom. The Bertz CT molecular complexity index is 362. The van der Waals surface area contributed by atoms with Crippen LogP contribution in [0, 0.1) is 11.6 Å². The average Bonchev–Trinajstić information content (AvgIpc) is 2.18. The summed E-state index contributed by atoms with van der Waals surface area (Å²) in [6, 6.07) is 3.30. The highest BCUT2D eigenvalue weighted by Crippen LogP contribution is 2.30. The van der Waals surface area contributed by atoms with Crippen LogP contribution in [0.4, 0.5) is 8.78 Å². The molecule has 1 atom stereocenters. The molecule has 0 aromatic heterocycles. The fraction of sp³-hybridized carbons (Fsp3) is 0.455. The first kappa shape index (κ1) is 10.5. The zero-order chi connectivity index (χ0) is 10.9. The van der Waals surface area contributed by atoms with Crippen LogP contribution >= 0.6 is 0 Å². The fourth-order valence-electron chi connectivity index (χ4n) is 1.99. The van der Waals surface area contributed by atoms with Crippen LogP contribution in [-0.4, -0.2) is 18.2 Å². The first-order valence-electron chi connectivity index (χ1n) is 5.00. The molecule has 1 heterocycles. The van der Waals surface area contributed by atoms with Crippen LogP contribution in [-0.2, 0) is 5.60 Å². The van der Waals surface area contributed by atoms with Gasteiger partial charge < -0.3 is 10.4 Å². The number of rotatable bonds is 1. The van der Waals surface area contributed by atoms with Crippen LogP contribution in [0.1, 0.15) is 18.4 Å². The van der Waals surface area contributed by atoms with Crippen molar-refractivity contribution in [1.82, 2.24) is 5.32 Å². The van der Waals surface area contributed by atoms with Crippen LogP contribution < -0.4 is 5.32 Å². The monoisotopic (exact) mass is 213 g/mol. The van der Waals surface area contributed by atoms with Crippen molar-refractivity contribution in [3.63, 3.8) is 0 Å². The third-order valence-electron chi connectivity index (χ3n) is 2.79. The van der Waals surface area contributed by atoms with E-state index >= 15 is 0 Å². The van der Waals surface area contributed by atoms with Gasteiger partial charge >= 0.3 is 0 Å². The summed E-state index contributed by atoms with van der Waals surface area (Å²) in [5, 5.41) is 13.2. The van der Waals surface area contributed by atoms with E-state index in [4.69, 9.17) is 0 Å². The first-order valence-corrected chi connectivity index (χ1v) is 5.00. The van der Waals surface area contributed by atoms with E-state index in [-0.39, 0.29) is 5.56 Å². The third kappa shape index (κ3) is 2.01. The van der Waals surface area contributed by atoms with Crippen molar-refractivity contribution in [2.75, 3.05) is 13.1 Å². The molecule has 0 saturated carbocycles. The van der Waals surface area contributed by atoms with Crippen LogP contribution in [0.5, 0.6) is 0 Å². The van der Waals surface area contributed by atoms with Crippen molar-refractivity contribution in [3.8, 4) is 0 Å². The summed E-state index contributed by atoms with van der Waals surface area (Å²) < 4.78 is 26.2. The lowest BCUT2D eigenvalue weighted by Gasteiger charge is -2.33. The van der Waals surface area contributed by atoms with Gasteiger partial charge in [0.15, 0.2) is 0 Å². The molecular weight excluding hydrogens is 200 g/mol. The zero-order valence-electron chi connectivity index (χ0n) is 8.26. The quantitative estimate of drug-likeness (QED) is 0.741. The van der Waals surface area contributed by atoms with Crippen LogP contribution in [0.2, 0.25) is 0 Å². The summed E-state index contributed by atoms with van der Waals surface area (Å²) in [6.07, 6.45) is 1.29. The molecule has 2 rings (SSSR count). The third-order valence-corrected chi connectivity index (χ3v) is 2.79. The summed E-state index contributed by atoms with van der Waals surface area (Å²) >= 11 is 0. The Kier molecular flexibility index (Phi) is 2.71. The molecule has 0 aliphatic carbocycles. The number of benzene rings is 1. The highest BCUT2D eigenvalue weighted by Gasteiger charge is 2.33. The Labute approximate surface area is 86.9 Å². The molecule has 1 unspecified atom stereocenters. The zero-order valence-corrected chi connectivity index (χ0v) is 8.26. The molecular formula is C11H13F2NO. The molecule has 15 heavy (non-hydrogen) atoms. The van der Waals surface area contributed by atoms with Crippen LogP contribution in [0.25, 0.3) is 0 Å². The first-order chi connectivity index (χ1) is 7.12. The summed E-state index contributed by atoms with van der Waals surface area (Å²) in [7, 11) is 0. The van der Waals surface area contributed by atoms with Crippen molar-refractivity contribution in [2.24, 2.45) is 0 Å². The van der Waals surface area contributed by atoms with Crippen LogP contribution in [0.3, 0.4) is 0 Å². The van der Waals surface area contributed by atoms with Crippen molar-refractivity contribution in [3.05, 3.63) is 35.4 Å². The Balaban J connectivity index is 2.35. The maximum atomic E-state index is 13.5. The maximum Gasteiger partial charge on any atom is 0.132 e. The molecule has 0 spiro atoms. The number of nitrogens with one attached hydrogen (secondary N) is 1. The van der Waals surface area contributed by atoms with Crippen molar-refractivity contribution >= 4 is 0 Å². The number of halogens is 2. The maximum absolute atomic E-state index is 13.5. The van der Waals surface area contributed by atoms with Crippen molar-refractivity contribution < 1.29 is 13.9 Å². The van der Waals surface area contributed by atoms with E-state index in [0.29, 0.717) is 13.0 Å². The highest BCUT2D eigenvalue weighted by molar-refractivity contribution is 5.26. The van der Waals surface area contributed by atoms with Gasteiger partial charge in [0, 0.05) is 18.2 Å². The van der Waals surface area contributed by atoms with E-state index in [1.807, 2.05) is 0 Å². The average molecular weight is 213 g/mol. The molecule has 4 heteroatoms. The Hall–Kier alpha value is -1.00. The molecule has 1 saturated heterocycles. The largest absolute Gasteiger partial charge is 0.384 e. The molecule has 1 aliphatic rings. The highest BCUT2D eigenvalue weighted by atomic mass is 19.1. The molecule has 1 aromatic carbocycles. The van der Waals surface area contributed by atoms with E-state index in [0.717, 1.165) is 19.0 Å². The second kappa shape index (κ2) is 3.87. The van der Waals surface area contributed by atoms with Gasteiger partial charge in [0.2, 0.25) is 0 Å². The topological polar surface area (TPSA) is 32.3 Å². The van der Waals surface area contributed by atoms with Gasteiger partial charge in [-0.2, -0.15) is 0 Å².